The van der Waals surface area contributed by atoms with Crippen LogP contribution in [0, 0.1) is 11.8 Å². The molecule has 6 atom stereocenters. The number of hydrogen-bond acceptors (Lipinski definition) is 15. The van der Waals surface area contributed by atoms with E-state index in [2.05, 4.69) is 41.5 Å². The molecule has 0 heterocycles. The number of aliphatic hydroxyl groups is 1. The minimum atomic E-state index is -4.95. The number of carbonyl (C=O) groups is 4. The zero-order valence-electron chi connectivity index (χ0n) is 58.4. The maximum atomic E-state index is 13.0. The Bertz CT molecular complexity index is 1750. The largest absolute Gasteiger partial charge is 0.472 e. The van der Waals surface area contributed by atoms with Gasteiger partial charge in [0.05, 0.1) is 26.4 Å². The third kappa shape index (κ3) is 63.5. The maximum absolute atomic E-state index is 13.0. The first-order valence-electron chi connectivity index (χ1n) is 37.0. The highest BCUT2D eigenvalue weighted by Crippen LogP contribution is 2.45. The Morgan fingerprint density at radius 3 is 0.844 bits per heavy atom. The van der Waals surface area contributed by atoms with Crippen molar-refractivity contribution in [1.29, 1.82) is 0 Å². The number of unbranched alkanes of at least 4 members (excludes halogenated alkanes) is 39. The summed E-state index contributed by atoms with van der Waals surface area (Å²) < 4.78 is 68.3. The smallest absolute Gasteiger partial charge is 0.462 e. The Kier molecular flexibility index (Phi) is 61.8. The van der Waals surface area contributed by atoms with E-state index in [-0.39, 0.29) is 25.7 Å². The number of phosphoric acid groups is 2. The number of hydrogen-bond donors (Lipinski definition) is 3. The summed E-state index contributed by atoms with van der Waals surface area (Å²) in [5.74, 6) is -0.534. The fourth-order valence-electron chi connectivity index (χ4n) is 10.7. The van der Waals surface area contributed by atoms with E-state index in [1.165, 1.54) is 180 Å². The van der Waals surface area contributed by atoms with Crippen molar-refractivity contribution < 1.29 is 80.2 Å². The number of phosphoric ester groups is 2. The lowest BCUT2D eigenvalue weighted by Gasteiger charge is -2.21. The van der Waals surface area contributed by atoms with Crippen LogP contribution < -0.4 is 0 Å². The lowest BCUT2D eigenvalue weighted by Crippen LogP contribution is -2.30. The number of esters is 4. The van der Waals surface area contributed by atoms with Crippen molar-refractivity contribution in [3.63, 3.8) is 0 Å². The van der Waals surface area contributed by atoms with Gasteiger partial charge in [0.15, 0.2) is 12.2 Å². The van der Waals surface area contributed by atoms with Crippen molar-refractivity contribution in [2.45, 2.75) is 381 Å². The minimum Gasteiger partial charge on any atom is -0.462 e. The summed E-state index contributed by atoms with van der Waals surface area (Å²) in [5, 5.41) is 10.6. The van der Waals surface area contributed by atoms with Crippen molar-refractivity contribution in [2.75, 3.05) is 39.6 Å². The standard InChI is InChI=1S/C71H138O17P2/c1-7-10-12-14-16-18-23-30-37-43-49-55-70(75)87-66(59-81-68(73)53-47-41-35-27-17-15-13-11-8-2)61-85-89(77,78)83-57-65(72)58-84-90(79,80)86-62-67(60-82-69(74)54-48-42-36-32-26-28-33-39-45-51-63(4)5)88-71(76)56-50-44-38-31-25-22-20-19-21-24-29-34-40-46-52-64(6)9-3/h63-67,72H,7-62H2,1-6H3,(H,77,78)(H,79,80)/t64?,65-,66+,67+/m0/s1. The van der Waals surface area contributed by atoms with Crippen LogP contribution in [0.25, 0.3) is 0 Å². The SMILES string of the molecule is CCCCCCCCCCCCCC(=O)O[C@H](COC(=O)CCCCCCCCCCC)COP(=O)(O)OC[C@H](O)COP(=O)(O)OC[C@@H](COC(=O)CCCCCCCCCCCC(C)C)OC(=O)CCCCCCCCCCCCCCCCC(C)CC. The van der Waals surface area contributed by atoms with E-state index in [4.69, 9.17) is 37.0 Å². The molecule has 0 aromatic carbocycles. The molecule has 3 N–H and O–H groups in total. The molecule has 3 unspecified atom stereocenters. The summed E-state index contributed by atoms with van der Waals surface area (Å²) in [6, 6.07) is 0. The Morgan fingerprint density at radius 2 is 0.567 bits per heavy atom. The second-order valence-electron chi connectivity index (χ2n) is 26.3. The van der Waals surface area contributed by atoms with E-state index in [0.29, 0.717) is 25.7 Å². The van der Waals surface area contributed by atoms with Crippen LogP contribution in [0.1, 0.15) is 363 Å². The van der Waals surface area contributed by atoms with Gasteiger partial charge in [-0.15, -0.1) is 0 Å². The normalized spacial score (nSPS) is 14.4. The summed E-state index contributed by atoms with van der Waals surface area (Å²) >= 11 is 0. The zero-order valence-corrected chi connectivity index (χ0v) is 60.2. The van der Waals surface area contributed by atoms with Crippen molar-refractivity contribution >= 4 is 39.5 Å². The van der Waals surface area contributed by atoms with Gasteiger partial charge in [-0.1, -0.05) is 311 Å². The van der Waals surface area contributed by atoms with E-state index < -0.39 is 97.5 Å². The summed E-state index contributed by atoms with van der Waals surface area (Å²) in [6.45, 7) is 9.57. The average molecular weight is 1330 g/mol. The lowest BCUT2D eigenvalue weighted by molar-refractivity contribution is -0.161. The number of aliphatic hydroxyl groups excluding tert-OH is 1. The molecule has 90 heavy (non-hydrogen) atoms. The minimum absolute atomic E-state index is 0.107. The van der Waals surface area contributed by atoms with Crippen LogP contribution in [0.15, 0.2) is 0 Å². The first kappa shape index (κ1) is 88.1. The van der Waals surface area contributed by atoms with Crippen LogP contribution in [-0.4, -0.2) is 96.7 Å². The van der Waals surface area contributed by atoms with Gasteiger partial charge in [0.1, 0.15) is 19.3 Å². The summed E-state index contributed by atoms with van der Waals surface area (Å²) in [6.07, 6.45) is 48.4. The Balaban J connectivity index is 5.22. The molecule has 0 rings (SSSR count). The van der Waals surface area contributed by atoms with Crippen LogP contribution in [0.5, 0.6) is 0 Å². The molecule has 19 heteroatoms. The van der Waals surface area contributed by atoms with E-state index in [1.807, 2.05) is 0 Å². The second kappa shape index (κ2) is 63.1. The third-order valence-corrected chi connectivity index (χ3v) is 18.7. The first-order chi connectivity index (χ1) is 43.4. The zero-order chi connectivity index (χ0) is 66.5. The fourth-order valence-corrected chi connectivity index (χ4v) is 12.3. The number of rotatable bonds is 70. The topological polar surface area (TPSA) is 237 Å². The predicted octanol–water partition coefficient (Wildman–Crippen LogP) is 20.4. The van der Waals surface area contributed by atoms with Crippen molar-refractivity contribution in [3.8, 4) is 0 Å². The Hall–Kier alpha value is -1.94. The summed E-state index contributed by atoms with van der Waals surface area (Å²) in [5.41, 5.74) is 0. The van der Waals surface area contributed by atoms with E-state index >= 15 is 0 Å². The molecule has 17 nitrogen and oxygen atoms in total. The van der Waals surface area contributed by atoms with Gasteiger partial charge in [-0.05, 0) is 37.5 Å². The second-order valence-corrected chi connectivity index (χ2v) is 29.3. The third-order valence-electron chi connectivity index (χ3n) is 16.8. The fraction of sp³-hybridized carbons (Fsp3) is 0.944. The number of ether oxygens (including phenoxy) is 4. The Labute approximate surface area is 549 Å². The molecule has 0 aliphatic carbocycles. The van der Waals surface area contributed by atoms with Crippen molar-refractivity contribution in [1.82, 2.24) is 0 Å². The molecule has 0 aliphatic rings. The number of carbonyl (C=O) groups excluding carboxylic acids is 4. The monoisotopic (exact) mass is 1320 g/mol. The lowest BCUT2D eigenvalue weighted by atomic mass is 9.99. The van der Waals surface area contributed by atoms with E-state index in [9.17, 15) is 43.2 Å². The highest BCUT2D eigenvalue weighted by atomic mass is 31.2. The van der Waals surface area contributed by atoms with Gasteiger partial charge in [0.25, 0.3) is 0 Å². The first-order valence-corrected chi connectivity index (χ1v) is 40.0. The molecule has 0 fully saturated rings. The molecule has 0 saturated heterocycles. The van der Waals surface area contributed by atoms with Gasteiger partial charge in [-0.2, -0.15) is 0 Å². The van der Waals surface area contributed by atoms with Crippen LogP contribution in [0.2, 0.25) is 0 Å². The molecule has 0 radical (unpaired) electrons. The highest BCUT2D eigenvalue weighted by Gasteiger charge is 2.30. The van der Waals surface area contributed by atoms with Crippen LogP contribution in [0.3, 0.4) is 0 Å². The molecular weight excluding hydrogens is 1190 g/mol. The molecule has 0 aromatic heterocycles. The maximum Gasteiger partial charge on any atom is 0.472 e. The molecule has 534 valence electrons. The van der Waals surface area contributed by atoms with Gasteiger partial charge < -0.3 is 33.8 Å². The van der Waals surface area contributed by atoms with Crippen molar-refractivity contribution in [2.24, 2.45) is 11.8 Å². The van der Waals surface area contributed by atoms with E-state index in [0.717, 1.165) is 102 Å². The van der Waals surface area contributed by atoms with Crippen LogP contribution >= 0.6 is 15.6 Å². The van der Waals surface area contributed by atoms with Gasteiger partial charge in [-0.3, -0.25) is 37.3 Å². The predicted molar refractivity (Wildman–Crippen MR) is 363 cm³/mol. The Morgan fingerprint density at radius 1 is 0.322 bits per heavy atom. The van der Waals surface area contributed by atoms with Crippen molar-refractivity contribution in [3.05, 3.63) is 0 Å². The van der Waals surface area contributed by atoms with Gasteiger partial charge >= 0.3 is 39.5 Å². The molecule has 0 saturated carbocycles. The summed E-state index contributed by atoms with van der Waals surface area (Å²) in [7, 11) is -9.90. The quantitative estimate of drug-likeness (QED) is 0.0222. The van der Waals surface area contributed by atoms with E-state index in [1.54, 1.807) is 0 Å². The van der Waals surface area contributed by atoms with Crippen LogP contribution in [0.4, 0.5) is 0 Å². The van der Waals surface area contributed by atoms with Crippen LogP contribution in [-0.2, 0) is 65.4 Å². The summed E-state index contributed by atoms with van der Waals surface area (Å²) in [4.78, 5) is 72.5. The molecule has 0 aliphatic heterocycles. The molecular formula is C71H138O17P2. The molecule has 0 bridgehead atoms. The van der Waals surface area contributed by atoms with Gasteiger partial charge in [-0.25, -0.2) is 9.13 Å². The van der Waals surface area contributed by atoms with Gasteiger partial charge in [0.2, 0.25) is 0 Å². The average Bonchev–Trinajstić information content (AvgIpc) is 3.36. The molecule has 0 aromatic rings. The molecule has 0 amide bonds. The molecule has 0 spiro atoms. The highest BCUT2D eigenvalue weighted by molar-refractivity contribution is 7.47. The van der Waals surface area contributed by atoms with Gasteiger partial charge in [0, 0.05) is 25.7 Å².